The molecule has 0 aliphatic heterocycles. The van der Waals surface area contributed by atoms with Crippen LogP contribution in [0.25, 0.3) is 0 Å². The van der Waals surface area contributed by atoms with Gasteiger partial charge in [0.1, 0.15) is 0 Å². The number of carbonyl (C=O) groups is 1. The van der Waals surface area contributed by atoms with Crippen LogP contribution in [0.1, 0.15) is 16.8 Å². The SMILES string of the molecule is CNCCC(=O)c1ccc(Cl)cc1Cl. The van der Waals surface area contributed by atoms with E-state index in [4.69, 9.17) is 23.2 Å². The highest BCUT2D eigenvalue weighted by Gasteiger charge is 2.09. The number of benzene rings is 1. The molecule has 1 rings (SSSR count). The van der Waals surface area contributed by atoms with Gasteiger partial charge in [0, 0.05) is 23.6 Å². The minimum atomic E-state index is 0.0287. The molecule has 0 saturated carbocycles. The standard InChI is InChI=1S/C10H11Cl2NO/c1-13-5-4-10(14)8-3-2-7(11)6-9(8)12/h2-3,6,13H,4-5H2,1H3. The summed E-state index contributed by atoms with van der Waals surface area (Å²) in [7, 11) is 1.80. The van der Waals surface area contributed by atoms with Gasteiger partial charge in [-0.2, -0.15) is 0 Å². The van der Waals surface area contributed by atoms with Crippen molar-refractivity contribution in [2.75, 3.05) is 13.6 Å². The molecule has 0 fully saturated rings. The Balaban J connectivity index is 2.80. The van der Waals surface area contributed by atoms with Gasteiger partial charge in [0.25, 0.3) is 0 Å². The van der Waals surface area contributed by atoms with Crippen LogP contribution in [0.15, 0.2) is 18.2 Å². The zero-order valence-corrected chi connectivity index (χ0v) is 9.32. The number of hydrogen-bond acceptors (Lipinski definition) is 2. The van der Waals surface area contributed by atoms with E-state index < -0.39 is 0 Å². The fraction of sp³-hybridized carbons (Fsp3) is 0.300. The molecule has 0 saturated heterocycles. The maximum absolute atomic E-state index is 11.6. The van der Waals surface area contributed by atoms with E-state index in [9.17, 15) is 4.79 Å². The molecule has 0 atom stereocenters. The quantitative estimate of drug-likeness (QED) is 0.808. The van der Waals surface area contributed by atoms with Crippen LogP contribution >= 0.6 is 23.2 Å². The number of halogens is 2. The summed E-state index contributed by atoms with van der Waals surface area (Å²) >= 11 is 11.6. The Morgan fingerprint density at radius 2 is 2.14 bits per heavy atom. The molecule has 0 unspecified atom stereocenters. The number of hydrogen-bond donors (Lipinski definition) is 1. The predicted octanol–water partition coefficient (Wildman–Crippen LogP) is 2.79. The number of ketones is 1. The van der Waals surface area contributed by atoms with Crippen molar-refractivity contribution < 1.29 is 4.79 Å². The van der Waals surface area contributed by atoms with Crippen LogP contribution in [0.5, 0.6) is 0 Å². The lowest BCUT2D eigenvalue weighted by Gasteiger charge is -2.03. The van der Waals surface area contributed by atoms with Crippen LogP contribution in [-0.4, -0.2) is 19.4 Å². The molecule has 0 bridgehead atoms. The summed E-state index contributed by atoms with van der Waals surface area (Å²) in [5.74, 6) is 0.0287. The molecule has 0 aliphatic carbocycles. The summed E-state index contributed by atoms with van der Waals surface area (Å²) in [5, 5.41) is 3.87. The van der Waals surface area contributed by atoms with Gasteiger partial charge < -0.3 is 5.32 Å². The van der Waals surface area contributed by atoms with Crippen molar-refractivity contribution in [1.82, 2.24) is 5.32 Å². The van der Waals surface area contributed by atoms with Crippen LogP contribution < -0.4 is 5.32 Å². The molecule has 0 spiro atoms. The molecule has 4 heteroatoms. The molecule has 1 aromatic rings. The van der Waals surface area contributed by atoms with Crippen molar-refractivity contribution in [2.45, 2.75) is 6.42 Å². The van der Waals surface area contributed by atoms with E-state index in [1.54, 1.807) is 25.2 Å². The second-order valence-corrected chi connectivity index (χ2v) is 3.74. The van der Waals surface area contributed by atoms with Gasteiger partial charge in [-0.05, 0) is 25.2 Å². The lowest BCUT2D eigenvalue weighted by Crippen LogP contribution is -2.13. The number of rotatable bonds is 4. The van der Waals surface area contributed by atoms with Crippen LogP contribution in [-0.2, 0) is 0 Å². The molecular weight excluding hydrogens is 221 g/mol. The van der Waals surface area contributed by atoms with E-state index in [1.165, 1.54) is 0 Å². The van der Waals surface area contributed by atoms with Crippen molar-refractivity contribution in [1.29, 1.82) is 0 Å². The smallest absolute Gasteiger partial charge is 0.165 e. The first-order valence-corrected chi connectivity index (χ1v) is 5.03. The molecule has 1 N–H and O–H groups in total. The van der Waals surface area contributed by atoms with E-state index in [2.05, 4.69) is 5.32 Å². The lowest BCUT2D eigenvalue weighted by atomic mass is 10.1. The average Bonchev–Trinajstić information content (AvgIpc) is 2.14. The van der Waals surface area contributed by atoms with Gasteiger partial charge in [-0.25, -0.2) is 0 Å². The zero-order chi connectivity index (χ0) is 10.6. The van der Waals surface area contributed by atoms with Crippen molar-refractivity contribution in [3.05, 3.63) is 33.8 Å². The van der Waals surface area contributed by atoms with Gasteiger partial charge in [-0.15, -0.1) is 0 Å². The molecule has 0 amide bonds. The van der Waals surface area contributed by atoms with Crippen molar-refractivity contribution in [3.63, 3.8) is 0 Å². The summed E-state index contributed by atoms with van der Waals surface area (Å²) in [5.41, 5.74) is 0.534. The molecule has 0 aliphatic rings. The summed E-state index contributed by atoms with van der Waals surface area (Å²) in [6, 6.07) is 4.90. The first kappa shape index (κ1) is 11.5. The maximum atomic E-state index is 11.6. The molecule has 1 aromatic carbocycles. The summed E-state index contributed by atoms with van der Waals surface area (Å²) in [6.07, 6.45) is 0.442. The van der Waals surface area contributed by atoms with E-state index in [1.807, 2.05) is 0 Å². The van der Waals surface area contributed by atoms with Gasteiger partial charge in [-0.1, -0.05) is 23.2 Å². The monoisotopic (exact) mass is 231 g/mol. The Hall–Kier alpha value is -0.570. The Bertz CT molecular complexity index is 339. The number of nitrogens with one attached hydrogen (secondary N) is 1. The summed E-state index contributed by atoms with van der Waals surface area (Å²) < 4.78 is 0. The van der Waals surface area contributed by atoms with Gasteiger partial charge in [0.2, 0.25) is 0 Å². The van der Waals surface area contributed by atoms with E-state index in [-0.39, 0.29) is 5.78 Å². The van der Waals surface area contributed by atoms with Gasteiger partial charge in [-0.3, -0.25) is 4.79 Å². The van der Waals surface area contributed by atoms with Crippen molar-refractivity contribution >= 4 is 29.0 Å². The molecule has 2 nitrogen and oxygen atoms in total. The topological polar surface area (TPSA) is 29.1 Å². The van der Waals surface area contributed by atoms with Crippen LogP contribution in [0.2, 0.25) is 10.0 Å². The molecule has 0 heterocycles. The van der Waals surface area contributed by atoms with Crippen molar-refractivity contribution in [3.8, 4) is 0 Å². The molecular formula is C10H11Cl2NO. The average molecular weight is 232 g/mol. The predicted molar refractivity (Wildman–Crippen MR) is 59.3 cm³/mol. The Kier molecular flexibility index (Phi) is 4.39. The molecule has 76 valence electrons. The Morgan fingerprint density at radius 1 is 1.43 bits per heavy atom. The highest BCUT2D eigenvalue weighted by Crippen LogP contribution is 2.21. The van der Waals surface area contributed by atoms with E-state index >= 15 is 0 Å². The first-order valence-electron chi connectivity index (χ1n) is 4.28. The molecule has 0 radical (unpaired) electrons. The highest BCUT2D eigenvalue weighted by atomic mass is 35.5. The third-order valence-corrected chi connectivity index (χ3v) is 2.38. The van der Waals surface area contributed by atoms with Crippen LogP contribution in [0.4, 0.5) is 0 Å². The minimum Gasteiger partial charge on any atom is -0.319 e. The summed E-state index contributed by atoms with van der Waals surface area (Å²) in [4.78, 5) is 11.6. The fourth-order valence-corrected chi connectivity index (χ4v) is 1.60. The third kappa shape index (κ3) is 2.98. The second kappa shape index (κ2) is 5.35. The fourth-order valence-electron chi connectivity index (χ4n) is 1.09. The Morgan fingerprint density at radius 3 is 2.71 bits per heavy atom. The van der Waals surface area contributed by atoms with E-state index in [0.717, 1.165) is 0 Å². The second-order valence-electron chi connectivity index (χ2n) is 2.90. The maximum Gasteiger partial charge on any atom is 0.165 e. The summed E-state index contributed by atoms with van der Waals surface area (Å²) in [6.45, 7) is 0.651. The Labute approximate surface area is 93.2 Å². The van der Waals surface area contributed by atoms with E-state index in [0.29, 0.717) is 28.6 Å². The zero-order valence-electron chi connectivity index (χ0n) is 7.81. The van der Waals surface area contributed by atoms with Gasteiger partial charge >= 0.3 is 0 Å². The third-order valence-electron chi connectivity index (χ3n) is 1.83. The van der Waals surface area contributed by atoms with Crippen molar-refractivity contribution in [2.24, 2.45) is 0 Å². The van der Waals surface area contributed by atoms with Gasteiger partial charge in [0.05, 0.1) is 5.02 Å². The first-order chi connectivity index (χ1) is 6.65. The highest BCUT2D eigenvalue weighted by molar-refractivity contribution is 6.36. The number of Topliss-reactive ketones (excluding diaryl/α,β-unsaturated/α-hetero) is 1. The normalized spacial score (nSPS) is 10.2. The minimum absolute atomic E-state index is 0.0287. The lowest BCUT2D eigenvalue weighted by molar-refractivity contribution is 0.0983. The molecule has 0 aromatic heterocycles. The van der Waals surface area contributed by atoms with Crippen LogP contribution in [0, 0.1) is 0 Å². The van der Waals surface area contributed by atoms with Gasteiger partial charge in [0.15, 0.2) is 5.78 Å². The number of carbonyl (C=O) groups excluding carboxylic acids is 1. The largest absolute Gasteiger partial charge is 0.319 e. The van der Waals surface area contributed by atoms with Crippen LogP contribution in [0.3, 0.4) is 0 Å². The molecule has 14 heavy (non-hydrogen) atoms.